The molecule has 0 saturated carbocycles. The van der Waals surface area contributed by atoms with Crippen molar-refractivity contribution in [1.29, 1.82) is 0 Å². The van der Waals surface area contributed by atoms with Gasteiger partial charge in [-0.2, -0.15) is 4.98 Å². The molecule has 1 amide bonds. The molecule has 2 aromatic heterocycles. The monoisotopic (exact) mass is 480 g/mol. The fourth-order valence-corrected chi connectivity index (χ4v) is 3.22. The highest BCUT2D eigenvalue weighted by molar-refractivity contribution is 9.10. The van der Waals surface area contributed by atoms with E-state index in [-0.39, 0.29) is 12.5 Å². The van der Waals surface area contributed by atoms with Crippen LogP contribution in [0.15, 0.2) is 75.9 Å². The second-order valence-corrected chi connectivity index (χ2v) is 7.48. The molecule has 0 saturated heterocycles. The van der Waals surface area contributed by atoms with E-state index in [1.165, 1.54) is 7.11 Å². The number of nitrogens with zero attached hydrogens (tertiary/aromatic N) is 3. The molecular formula is C22H17BrN4O4. The number of rotatable bonds is 6. The molecule has 0 aliphatic rings. The van der Waals surface area contributed by atoms with E-state index < -0.39 is 5.97 Å². The molecule has 4 aromatic rings. The first kappa shape index (κ1) is 20.5. The van der Waals surface area contributed by atoms with Gasteiger partial charge in [0.1, 0.15) is 12.2 Å². The summed E-state index contributed by atoms with van der Waals surface area (Å²) < 4.78 is 12.8. The van der Waals surface area contributed by atoms with E-state index >= 15 is 0 Å². The van der Waals surface area contributed by atoms with Crippen LogP contribution in [0.3, 0.4) is 0 Å². The van der Waals surface area contributed by atoms with E-state index in [0.29, 0.717) is 28.7 Å². The Hall–Kier alpha value is -3.72. The van der Waals surface area contributed by atoms with Crippen LogP contribution in [0.1, 0.15) is 10.4 Å². The minimum absolute atomic E-state index is 0.0527. The van der Waals surface area contributed by atoms with Gasteiger partial charge in [0.15, 0.2) is 0 Å². The number of benzene rings is 2. The molecule has 0 spiro atoms. The maximum Gasteiger partial charge on any atom is 0.337 e. The third-order valence-corrected chi connectivity index (χ3v) is 5.01. The zero-order chi connectivity index (χ0) is 21.8. The van der Waals surface area contributed by atoms with Crippen LogP contribution in [-0.2, 0) is 16.1 Å². The lowest BCUT2D eigenvalue weighted by Gasteiger charge is -2.08. The van der Waals surface area contributed by atoms with Crippen molar-refractivity contribution in [3.8, 4) is 23.0 Å². The van der Waals surface area contributed by atoms with Gasteiger partial charge in [-0.05, 0) is 60.7 Å². The summed E-state index contributed by atoms with van der Waals surface area (Å²) in [5, 5.41) is 6.83. The van der Waals surface area contributed by atoms with Gasteiger partial charge in [0.2, 0.25) is 11.7 Å². The summed E-state index contributed by atoms with van der Waals surface area (Å²) in [6.45, 7) is 0.0527. The zero-order valence-electron chi connectivity index (χ0n) is 16.4. The molecule has 156 valence electrons. The van der Waals surface area contributed by atoms with Crippen LogP contribution in [0.5, 0.6) is 0 Å². The third kappa shape index (κ3) is 4.72. The second kappa shape index (κ2) is 8.97. The summed E-state index contributed by atoms with van der Waals surface area (Å²) in [4.78, 5) is 28.5. The lowest BCUT2D eigenvalue weighted by molar-refractivity contribution is -0.116. The maximum atomic E-state index is 12.5. The molecule has 31 heavy (non-hydrogen) atoms. The summed E-state index contributed by atoms with van der Waals surface area (Å²) >= 11 is 3.40. The van der Waals surface area contributed by atoms with Crippen LogP contribution in [0, 0.1) is 0 Å². The molecule has 0 bridgehead atoms. The highest BCUT2D eigenvalue weighted by Gasteiger charge is 2.16. The lowest BCUT2D eigenvalue weighted by atomic mass is 10.2. The Morgan fingerprint density at radius 1 is 1.10 bits per heavy atom. The van der Waals surface area contributed by atoms with E-state index in [9.17, 15) is 9.59 Å². The Morgan fingerprint density at radius 2 is 1.84 bits per heavy atom. The number of aromatic nitrogens is 3. The molecule has 0 aliphatic carbocycles. The molecule has 0 unspecified atom stereocenters. The highest BCUT2D eigenvalue weighted by atomic mass is 79.9. The number of amides is 1. The van der Waals surface area contributed by atoms with Gasteiger partial charge >= 0.3 is 5.97 Å². The number of methoxy groups -OCH3 is 1. The average molecular weight is 481 g/mol. The molecule has 4 rings (SSSR count). The van der Waals surface area contributed by atoms with E-state index in [1.807, 2.05) is 24.3 Å². The van der Waals surface area contributed by atoms with E-state index in [2.05, 4.69) is 36.1 Å². The molecule has 2 heterocycles. The number of nitrogens with one attached hydrogen (secondary N) is 1. The van der Waals surface area contributed by atoms with Gasteiger partial charge in [0.25, 0.3) is 5.89 Å². The fourth-order valence-electron chi connectivity index (χ4n) is 2.95. The first-order valence-corrected chi connectivity index (χ1v) is 10.1. The second-order valence-electron chi connectivity index (χ2n) is 6.57. The Bertz CT molecular complexity index is 1210. The van der Waals surface area contributed by atoms with Crippen LogP contribution in [0.25, 0.3) is 23.0 Å². The Morgan fingerprint density at radius 3 is 2.55 bits per heavy atom. The summed E-state index contributed by atoms with van der Waals surface area (Å²) in [5.41, 5.74) is 2.43. The fraction of sp³-hybridized carbons (Fsp3) is 0.0909. The SMILES string of the molecule is COC(=O)c1ccc(NC(=O)Cn2cccc2-c2nc(-c3ccc(Br)cc3)no2)cc1. The molecule has 9 heteroatoms. The van der Waals surface area contributed by atoms with Crippen LogP contribution in [0.4, 0.5) is 5.69 Å². The number of ether oxygens (including phenoxy) is 1. The van der Waals surface area contributed by atoms with E-state index in [4.69, 9.17) is 4.52 Å². The van der Waals surface area contributed by atoms with Crippen LogP contribution in [0.2, 0.25) is 0 Å². The number of halogens is 1. The molecule has 2 aromatic carbocycles. The predicted octanol–water partition coefficient (Wildman–Crippen LogP) is 4.39. The molecule has 0 fully saturated rings. The van der Waals surface area contributed by atoms with Crippen molar-refractivity contribution in [2.75, 3.05) is 12.4 Å². The topological polar surface area (TPSA) is 99.2 Å². The molecule has 0 atom stereocenters. The Kier molecular flexibility index (Phi) is 5.94. The molecule has 0 aliphatic heterocycles. The van der Waals surface area contributed by atoms with Gasteiger partial charge in [0, 0.05) is 21.9 Å². The molecular weight excluding hydrogens is 464 g/mol. The maximum absolute atomic E-state index is 12.5. The first-order chi connectivity index (χ1) is 15.0. The normalized spacial score (nSPS) is 10.6. The van der Waals surface area contributed by atoms with Crippen molar-refractivity contribution < 1.29 is 18.8 Å². The van der Waals surface area contributed by atoms with Gasteiger partial charge in [0.05, 0.1) is 12.7 Å². The smallest absolute Gasteiger partial charge is 0.337 e. The number of hydrogen-bond acceptors (Lipinski definition) is 6. The summed E-state index contributed by atoms with van der Waals surface area (Å²) in [5.74, 6) is 0.108. The van der Waals surface area contributed by atoms with Gasteiger partial charge in [-0.25, -0.2) is 4.79 Å². The van der Waals surface area contributed by atoms with Crippen LogP contribution < -0.4 is 5.32 Å². The third-order valence-electron chi connectivity index (χ3n) is 4.48. The summed E-state index contributed by atoms with van der Waals surface area (Å²) in [6, 6.07) is 17.6. The Balaban J connectivity index is 1.46. The standard InChI is InChI=1S/C22H17BrN4O4/c1-30-22(29)15-6-10-17(11-7-15)24-19(28)13-27-12-2-3-18(27)21-25-20(26-31-21)14-4-8-16(23)9-5-14/h2-12H,13H2,1H3,(H,24,28). The van der Waals surface area contributed by atoms with Crippen LogP contribution >= 0.6 is 15.9 Å². The van der Waals surface area contributed by atoms with E-state index in [0.717, 1.165) is 10.0 Å². The first-order valence-electron chi connectivity index (χ1n) is 9.27. The lowest BCUT2D eigenvalue weighted by Crippen LogP contribution is -2.18. The highest BCUT2D eigenvalue weighted by Crippen LogP contribution is 2.24. The number of hydrogen-bond donors (Lipinski definition) is 1. The van der Waals surface area contributed by atoms with Crippen molar-refractivity contribution in [2.45, 2.75) is 6.54 Å². The van der Waals surface area contributed by atoms with E-state index in [1.54, 1.807) is 47.2 Å². The van der Waals surface area contributed by atoms with Gasteiger partial charge in [-0.1, -0.05) is 21.1 Å². The number of esters is 1. The van der Waals surface area contributed by atoms with Gasteiger partial charge in [-0.3, -0.25) is 4.79 Å². The van der Waals surface area contributed by atoms with Crippen molar-refractivity contribution in [2.24, 2.45) is 0 Å². The molecule has 0 radical (unpaired) electrons. The summed E-state index contributed by atoms with van der Waals surface area (Å²) in [6.07, 6.45) is 1.76. The van der Waals surface area contributed by atoms with Crippen LogP contribution in [-0.4, -0.2) is 33.7 Å². The molecule has 1 N–H and O–H groups in total. The number of carbonyl (C=O) groups is 2. The van der Waals surface area contributed by atoms with Crippen molar-refractivity contribution in [3.05, 3.63) is 76.9 Å². The van der Waals surface area contributed by atoms with Crippen molar-refractivity contribution in [3.63, 3.8) is 0 Å². The molecule has 8 nitrogen and oxygen atoms in total. The van der Waals surface area contributed by atoms with Gasteiger partial charge in [-0.15, -0.1) is 0 Å². The number of anilines is 1. The Labute approximate surface area is 186 Å². The van der Waals surface area contributed by atoms with Crippen molar-refractivity contribution >= 4 is 33.5 Å². The zero-order valence-corrected chi connectivity index (χ0v) is 18.0. The largest absolute Gasteiger partial charge is 0.465 e. The van der Waals surface area contributed by atoms with Crippen molar-refractivity contribution in [1.82, 2.24) is 14.7 Å². The predicted molar refractivity (Wildman–Crippen MR) is 117 cm³/mol. The number of carbonyl (C=O) groups excluding carboxylic acids is 2. The quantitative estimate of drug-likeness (QED) is 0.410. The average Bonchev–Trinajstić information content (AvgIpc) is 3.43. The minimum atomic E-state index is -0.433. The summed E-state index contributed by atoms with van der Waals surface area (Å²) in [7, 11) is 1.32. The van der Waals surface area contributed by atoms with Gasteiger partial charge < -0.3 is 19.1 Å². The minimum Gasteiger partial charge on any atom is -0.465 e.